The molecule has 16 heavy (non-hydrogen) atoms. The zero-order valence-electron chi connectivity index (χ0n) is 10.9. The third kappa shape index (κ3) is 5.40. The molecule has 96 valence electrons. The first-order chi connectivity index (χ1) is 7.14. The van der Waals surface area contributed by atoms with Crippen molar-refractivity contribution in [3.8, 4) is 0 Å². The Hall–Kier alpha value is 0.0500. The second-order valence-corrected chi connectivity index (χ2v) is 6.38. The molecule has 0 aromatic heterocycles. The fraction of sp³-hybridized carbons (Fsp3) is 0.917. The van der Waals surface area contributed by atoms with Crippen LogP contribution in [0.2, 0.25) is 0 Å². The largest absolute Gasteiger partial charge is 0.349 e. The lowest BCUT2D eigenvalue weighted by atomic mass is 9.80. The molecule has 0 rings (SSSR count). The molecule has 0 aliphatic heterocycles. The van der Waals surface area contributed by atoms with Crippen LogP contribution in [0.3, 0.4) is 0 Å². The normalized spacial score (nSPS) is 14.7. The van der Waals surface area contributed by atoms with Crippen LogP contribution >= 0.6 is 23.2 Å². The van der Waals surface area contributed by atoms with Gasteiger partial charge in [0.15, 0.2) is 0 Å². The highest BCUT2D eigenvalue weighted by atomic mass is 35.5. The van der Waals surface area contributed by atoms with Gasteiger partial charge in [-0.3, -0.25) is 4.79 Å². The van der Waals surface area contributed by atoms with Crippen LogP contribution in [0.15, 0.2) is 0 Å². The first-order valence-electron chi connectivity index (χ1n) is 5.57. The maximum Gasteiger partial charge on any atom is 0.220 e. The summed E-state index contributed by atoms with van der Waals surface area (Å²) in [4.78, 5) is 11.8. The lowest BCUT2D eigenvalue weighted by Crippen LogP contribution is -2.49. The summed E-state index contributed by atoms with van der Waals surface area (Å²) >= 11 is 11.6. The summed E-state index contributed by atoms with van der Waals surface area (Å²) < 4.78 is 0. The lowest BCUT2D eigenvalue weighted by molar-refractivity contribution is -0.124. The molecular weight excluding hydrogens is 245 g/mol. The molecule has 0 bridgehead atoms. The third-order valence-electron chi connectivity index (χ3n) is 3.00. The topological polar surface area (TPSA) is 29.1 Å². The second-order valence-electron chi connectivity index (χ2n) is 5.85. The van der Waals surface area contributed by atoms with E-state index in [0.29, 0.717) is 24.1 Å². The van der Waals surface area contributed by atoms with E-state index in [4.69, 9.17) is 23.2 Å². The van der Waals surface area contributed by atoms with Crippen molar-refractivity contribution in [3.63, 3.8) is 0 Å². The van der Waals surface area contributed by atoms with E-state index in [1.54, 1.807) is 0 Å². The number of alkyl halides is 2. The van der Waals surface area contributed by atoms with Crippen molar-refractivity contribution in [2.45, 2.75) is 46.6 Å². The minimum atomic E-state index is -0.502. The molecule has 2 nitrogen and oxygen atoms in total. The van der Waals surface area contributed by atoms with Gasteiger partial charge in [-0.2, -0.15) is 0 Å². The van der Waals surface area contributed by atoms with Crippen LogP contribution in [-0.2, 0) is 4.79 Å². The molecule has 0 aromatic carbocycles. The monoisotopic (exact) mass is 267 g/mol. The van der Waals surface area contributed by atoms with Gasteiger partial charge in [0.05, 0.1) is 5.54 Å². The van der Waals surface area contributed by atoms with E-state index < -0.39 is 5.54 Å². The van der Waals surface area contributed by atoms with Gasteiger partial charge in [-0.25, -0.2) is 0 Å². The van der Waals surface area contributed by atoms with E-state index in [9.17, 15) is 4.79 Å². The van der Waals surface area contributed by atoms with Crippen molar-refractivity contribution in [1.82, 2.24) is 5.32 Å². The predicted molar refractivity (Wildman–Crippen MR) is 71.2 cm³/mol. The summed E-state index contributed by atoms with van der Waals surface area (Å²) in [6.45, 7) is 10.3. The Morgan fingerprint density at radius 1 is 1.19 bits per heavy atom. The van der Waals surface area contributed by atoms with E-state index in [2.05, 4.69) is 33.0 Å². The summed E-state index contributed by atoms with van der Waals surface area (Å²) in [5.74, 6) is 0.992. The molecule has 0 saturated heterocycles. The van der Waals surface area contributed by atoms with E-state index >= 15 is 0 Å². The van der Waals surface area contributed by atoms with Crippen molar-refractivity contribution in [3.05, 3.63) is 0 Å². The summed E-state index contributed by atoms with van der Waals surface area (Å²) in [5.41, 5.74) is -0.368. The van der Waals surface area contributed by atoms with E-state index in [1.165, 1.54) is 0 Å². The van der Waals surface area contributed by atoms with Crippen LogP contribution in [0.25, 0.3) is 0 Å². The molecule has 0 fully saturated rings. The van der Waals surface area contributed by atoms with E-state index in [1.807, 2.05) is 6.92 Å². The van der Waals surface area contributed by atoms with Gasteiger partial charge in [-0.1, -0.05) is 27.7 Å². The van der Waals surface area contributed by atoms with Crippen molar-refractivity contribution < 1.29 is 4.79 Å². The average molecular weight is 268 g/mol. The molecule has 1 N–H and O–H groups in total. The zero-order valence-corrected chi connectivity index (χ0v) is 12.4. The number of carbonyl (C=O) groups is 1. The molecule has 1 amide bonds. The zero-order chi connectivity index (χ0) is 13.0. The number of halogens is 2. The molecule has 0 aliphatic rings. The first kappa shape index (κ1) is 16.1. The average Bonchev–Trinajstić information content (AvgIpc) is 2.15. The van der Waals surface area contributed by atoms with Crippen LogP contribution in [-0.4, -0.2) is 23.2 Å². The van der Waals surface area contributed by atoms with Gasteiger partial charge in [0.25, 0.3) is 0 Å². The number of hydrogen-bond acceptors (Lipinski definition) is 1. The molecule has 0 aliphatic carbocycles. The summed E-state index contributed by atoms with van der Waals surface area (Å²) in [5, 5.41) is 2.89. The highest BCUT2D eigenvalue weighted by molar-refractivity contribution is 6.22. The molecule has 0 aromatic rings. The standard InChI is InChI=1S/C12H23Cl2NO/c1-9(11(2,3)4)6-10(16)15-12(5,7-13)8-14/h9H,6-8H2,1-5H3,(H,15,16). The fourth-order valence-electron chi connectivity index (χ4n) is 1.07. The Morgan fingerprint density at radius 3 is 1.94 bits per heavy atom. The second kappa shape index (κ2) is 6.11. The maximum atomic E-state index is 11.8. The number of nitrogens with one attached hydrogen (secondary N) is 1. The minimum Gasteiger partial charge on any atom is -0.349 e. The van der Waals surface area contributed by atoms with Gasteiger partial charge >= 0.3 is 0 Å². The van der Waals surface area contributed by atoms with Gasteiger partial charge in [0.1, 0.15) is 0 Å². The van der Waals surface area contributed by atoms with Crippen LogP contribution in [0.4, 0.5) is 0 Å². The van der Waals surface area contributed by atoms with Crippen molar-refractivity contribution in [2.24, 2.45) is 11.3 Å². The molecule has 0 heterocycles. The molecule has 1 atom stereocenters. The Kier molecular flexibility index (Phi) is 6.13. The number of carbonyl (C=O) groups excluding carboxylic acids is 1. The highest BCUT2D eigenvalue weighted by Gasteiger charge is 2.27. The van der Waals surface area contributed by atoms with Gasteiger partial charge < -0.3 is 5.32 Å². The van der Waals surface area contributed by atoms with Crippen LogP contribution in [0.1, 0.15) is 41.0 Å². The Bertz CT molecular complexity index is 232. The molecule has 0 saturated carbocycles. The Balaban J connectivity index is 4.29. The van der Waals surface area contributed by atoms with Crippen LogP contribution in [0, 0.1) is 11.3 Å². The smallest absolute Gasteiger partial charge is 0.220 e. The number of amides is 1. The van der Waals surface area contributed by atoms with Crippen LogP contribution in [0.5, 0.6) is 0 Å². The SMILES string of the molecule is CC(CC(=O)NC(C)(CCl)CCl)C(C)(C)C. The van der Waals surface area contributed by atoms with Gasteiger partial charge in [-0.15, -0.1) is 23.2 Å². The highest BCUT2D eigenvalue weighted by Crippen LogP contribution is 2.28. The number of hydrogen-bond donors (Lipinski definition) is 1. The molecule has 0 spiro atoms. The lowest BCUT2D eigenvalue weighted by Gasteiger charge is -2.30. The van der Waals surface area contributed by atoms with E-state index in [-0.39, 0.29) is 11.3 Å². The first-order valence-corrected chi connectivity index (χ1v) is 6.64. The quantitative estimate of drug-likeness (QED) is 0.761. The molecule has 1 unspecified atom stereocenters. The third-order valence-corrected chi connectivity index (χ3v) is 4.18. The Labute approximate surface area is 109 Å². The van der Waals surface area contributed by atoms with E-state index in [0.717, 1.165) is 0 Å². The van der Waals surface area contributed by atoms with Gasteiger partial charge in [0.2, 0.25) is 5.91 Å². The molecule has 4 heteroatoms. The maximum absolute atomic E-state index is 11.8. The summed E-state index contributed by atoms with van der Waals surface area (Å²) in [7, 11) is 0. The van der Waals surface area contributed by atoms with Gasteiger partial charge in [0, 0.05) is 18.2 Å². The molecule has 0 radical (unpaired) electrons. The van der Waals surface area contributed by atoms with Crippen molar-refractivity contribution in [1.29, 1.82) is 0 Å². The summed E-state index contributed by atoms with van der Waals surface area (Å²) in [6, 6.07) is 0. The van der Waals surface area contributed by atoms with Crippen molar-refractivity contribution >= 4 is 29.1 Å². The minimum absolute atomic E-state index is 0.0197. The van der Waals surface area contributed by atoms with Crippen LogP contribution < -0.4 is 5.32 Å². The van der Waals surface area contributed by atoms with Gasteiger partial charge in [-0.05, 0) is 18.3 Å². The predicted octanol–water partition coefficient (Wildman–Crippen LogP) is 3.41. The summed E-state index contributed by atoms with van der Waals surface area (Å²) in [6.07, 6.45) is 0.507. The molecular formula is C12H23Cl2NO. The Morgan fingerprint density at radius 2 is 1.62 bits per heavy atom. The fourth-order valence-corrected chi connectivity index (χ4v) is 1.49. The number of rotatable bonds is 5. The van der Waals surface area contributed by atoms with Crippen molar-refractivity contribution in [2.75, 3.05) is 11.8 Å².